The Morgan fingerprint density at radius 1 is 1.22 bits per heavy atom. The van der Waals surface area contributed by atoms with Crippen molar-refractivity contribution < 1.29 is 37.4 Å². The first kappa shape index (κ1) is 25.6. The fraction of sp³-hybridized carbons (Fsp3) is 0.522. The first-order valence-electron chi connectivity index (χ1n) is 11.6. The van der Waals surface area contributed by atoms with Gasteiger partial charge in [0.2, 0.25) is 0 Å². The second-order valence-corrected chi connectivity index (χ2v) is 9.03. The lowest BCUT2D eigenvalue weighted by atomic mass is 9.78. The largest absolute Gasteiger partial charge is 0.490 e. The van der Waals surface area contributed by atoms with Gasteiger partial charge in [-0.25, -0.2) is 4.79 Å². The number of carbonyl (C=O) groups is 3. The molecule has 0 aromatic carbocycles. The smallest absolute Gasteiger partial charge is 0.475 e. The van der Waals surface area contributed by atoms with E-state index < -0.39 is 12.1 Å². The Kier molecular flexibility index (Phi) is 7.29. The zero-order valence-corrected chi connectivity index (χ0v) is 19.3. The normalized spacial score (nSPS) is 19.8. The number of H-pyrrole nitrogens is 1. The van der Waals surface area contributed by atoms with E-state index in [1.54, 1.807) is 24.5 Å². The summed E-state index contributed by atoms with van der Waals surface area (Å²) in [5.41, 5.74) is 3.15. The molecule has 5 rings (SSSR count). The summed E-state index contributed by atoms with van der Waals surface area (Å²) < 4.78 is 37.8. The molecule has 2 fully saturated rings. The number of aliphatic carboxylic acids is 1. The number of fused-ring (bicyclic) bond motifs is 1. The zero-order valence-electron chi connectivity index (χ0n) is 19.3. The van der Waals surface area contributed by atoms with E-state index in [2.05, 4.69) is 20.5 Å². The lowest BCUT2D eigenvalue weighted by Gasteiger charge is -2.50. The Morgan fingerprint density at radius 2 is 1.92 bits per heavy atom. The molecule has 1 atom stereocenters. The topological polar surface area (TPSA) is 138 Å². The highest BCUT2D eigenvalue weighted by atomic mass is 19.4. The third-order valence-electron chi connectivity index (χ3n) is 6.78. The van der Waals surface area contributed by atoms with Gasteiger partial charge in [0.1, 0.15) is 5.60 Å². The molecule has 1 aliphatic carbocycles. The highest BCUT2D eigenvalue weighted by Gasteiger charge is 2.54. The molecule has 3 aliphatic rings. The van der Waals surface area contributed by atoms with E-state index in [0.29, 0.717) is 43.4 Å². The van der Waals surface area contributed by atoms with Gasteiger partial charge in [-0.15, -0.1) is 0 Å². The average Bonchev–Trinajstić information content (AvgIpc) is 3.54. The minimum Gasteiger partial charge on any atom is -0.475 e. The van der Waals surface area contributed by atoms with Crippen LogP contribution in [0.15, 0.2) is 24.5 Å². The molecule has 10 nitrogen and oxygen atoms in total. The summed E-state index contributed by atoms with van der Waals surface area (Å²) >= 11 is 0. The number of ether oxygens (including phenoxy) is 1. The van der Waals surface area contributed by atoms with Crippen molar-refractivity contribution in [2.24, 2.45) is 5.92 Å². The van der Waals surface area contributed by atoms with Crippen LogP contribution in [0.4, 0.5) is 13.2 Å². The summed E-state index contributed by atoms with van der Waals surface area (Å²) in [6.45, 7) is 2.52. The molecule has 2 aromatic rings. The van der Waals surface area contributed by atoms with Crippen LogP contribution in [-0.4, -0.2) is 81.0 Å². The number of likely N-dealkylation sites (tertiary alicyclic amines) is 1. The first-order chi connectivity index (χ1) is 17.1. The van der Waals surface area contributed by atoms with Crippen LogP contribution in [-0.2, 0) is 22.4 Å². The Labute approximate surface area is 204 Å². The molecular weight excluding hydrogens is 483 g/mol. The van der Waals surface area contributed by atoms with E-state index in [9.17, 15) is 22.8 Å². The molecule has 0 radical (unpaired) electrons. The Morgan fingerprint density at radius 3 is 2.58 bits per heavy atom. The SMILES string of the molecule is O=C(NCCC1CCOC12CN(C(=O)c1n[nH]c3c1CCC3)C2)c1ccncc1.O=C(O)C(F)(F)F. The van der Waals surface area contributed by atoms with Gasteiger partial charge in [-0.05, 0) is 50.2 Å². The maximum Gasteiger partial charge on any atom is 0.490 e. The number of amides is 2. The summed E-state index contributed by atoms with van der Waals surface area (Å²) in [5.74, 6) is -2.49. The van der Waals surface area contributed by atoms with Crippen LogP contribution < -0.4 is 5.32 Å². The highest BCUT2D eigenvalue weighted by molar-refractivity contribution is 5.95. The Bertz CT molecular complexity index is 1120. The molecular formula is C23H26F3N5O5. The van der Waals surface area contributed by atoms with Gasteiger partial charge in [-0.3, -0.25) is 19.7 Å². The van der Waals surface area contributed by atoms with Gasteiger partial charge >= 0.3 is 12.1 Å². The Balaban J connectivity index is 0.000000384. The number of nitrogens with one attached hydrogen (secondary N) is 2. The number of carboxylic acid groups (broad SMARTS) is 1. The standard InChI is InChI=1S/C21H25N5O3.C2HF3O2/c27-19(14-4-8-22-9-5-14)23-10-6-15-7-11-29-21(15)12-26(13-21)20(28)18-16-2-1-3-17(16)24-25-18;3-2(4,5)1(6)7/h4-5,8-9,15H,1-3,6-7,10-13H2,(H,23,27)(H,24,25);(H,6,7). The average molecular weight is 509 g/mol. The van der Waals surface area contributed by atoms with E-state index in [0.717, 1.165) is 43.4 Å². The van der Waals surface area contributed by atoms with Gasteiger partial charge in [0, 0.05) is 42.4 Å². The molecule has 2 saturated heterocycles. The van der Waals surface area contributed by atoms with E-state index in [-0.39, 0.29) is 17.4 Å². The van der Waals surface area contributed by atoms with E-state index in [4.69, 9.17) is 14.6 Å². The molecule has 1 spiro atoms. The van der Waals surface area contributed by atoms with Crippen LogP contribution in [0.3, 0.4) is 0 Å². The maximum atomic E-state index is 12.9. The summed E-state index contributed by atoms with van der Waals surface area (Å²) in [6.07, 6.45) is 2.96. The number of aryl methyl sites for hydroxylation is 1. The molecule has 2 aromatic heterocycles. The summed E-state index contributed by atoms with van der Waals surface area (Å²) in [7, 11) is 0. The number of aromatic nitrogens is 3. The van der Waals surface area contributed by atoms with Crippen molar-refractivity contribution in [2.75, 3.05) is 26.2 Å². The Hall–Kier alpha value is -3.48. The third kappa shape index (κ3) is 5.35. The molecule has 0 saturated carbocycles. The molecule has 194 valence electrons. The first-order valence-corrected chi connectivity index (χ1v) is 11.6. The van der Waals surface area contributed by atoms with E-state index in [1.165, 1.54) is 0 Å². The van der Waals surface area contributed by atoms with Gasteiger partial charge < -0.3 is 20.1 Å². The van der Waals surface area contributed by atoms with Crippen molar-refractivity contribution >= 4 is 17.8 Å². The number of pyridine rings is 1. The van der Waals surface area contributed by atoms with Crippen molar-refractivity contribution in [3.05, 3.63) is 47.0 Å². The number of carboxylic acids is 1. The number of hydrogen-bond acceptors (Lipinski definition) is 6. The molecule has 0 bridgehead atoms. The second-order valence-electron chi connectivity index (χ2n) is 9.03. The van der Waals surface area contributed by atoms with Crippen molar-refractivity contribution in [3.63, 3.8) is 0 Å². The predicted octanol–water partition coefficient (Wildman–Crippen LogP) is 1.98. The fourth-order valence-electron chi connectivity index (χ4n) is 4.90. The predicted molar refractivity (Wildman–Crippen MR) is 118 cm³/mol. The van der Waals surface area contributed by atoms with Gasteiger partial charge in [0.15, 0.2) is 5.69 Å². The molecule has 2 aliphatic heterocycles. The summed E-state index contributed by atoms with van der Waals surface area (Å²) in [4.78, 5) is 39.8. The van der Waals surface area contributed by atoms with E-state index >= 15 is 0 Å². The quantitative estimate of drug-likeness (QED) is 0.560. The highest BCUT2D eigenvalue weighted by Crippen LogP contribution is 2.42. The number of carbonyl (C=O) groups excluding carboxylic acids is 2. The van der Waals surface area contributed by atoms with Crippen molar-refractivity contribution in [2.45, 2.75) is 43.9 Å². The minimum absolute atomic E-state index is 0.00950. The van der Waals surface area contributed by atoms with Gasteiger partial charge in [-0.2, -0.15) is 18.3 Å². The lowest BCUT2D eigenvalue weighted by Crippen LogP contribution is -2.66. The van der Waals surface area contributed by atoms with Gasteiger partial charge in [-0.1, -0.05) is 0 Å². The van der Waals surface area contributed by atoms with Crippen LogP contribution in [0, 0.1) is 5.92 Å². The van der Waals surface area contributed by atoms with Gasteiger partial charge in [0.05, 0.1) is 13.1 Å². The third-order valence-corrected chi connectivity index (χ3v) is 6.78. The molecule has 4 heterocycles. The number of rotatable bonds is 5. The van der Waals surface area contributed by atoms with E-state index in [1.807, 2.05) is 4.90 Å². The number of alkyl halides is 3. The molecule has 36 heavy (non-hydrogen) atoms. The van der Waals surface area contributed by atoms with Crippen LogP contribution in [0.25, 0.3) is 0 Å². The number of halogens is 3. The zero-order chi connectivity index (χ0) is 25.9. The van der Waals surface area contributed by atoms with Crippen LogP contribution >= 0.6 is 0 Å². The number of aromatic amines is 1. The van der Waals surface area contributed by atoms with Crippen molar-refractivity contribution in [1.29, 1.82) is 0 Å². The van der Waals surface area contributed by atoms with Crippen molar-refractivity contribution in [1.82, 2.24) is 25.4 Å². The minimum atomic E-state index is -5.08. The second kappa shape index (κ2) is 10.2. The molecule has 3 N–H and O–H groups in total. The number of hydrogen-bond donors (Lipinski definition) is 3. The monoisotopic (exact) mass is 509 g/mol. The summed E-state index contributed by atoms with van der Waals surface area (Å²) in [5, 5.41) is 17.4. The fourth-order valence-corrected chi connectivity index (χ4v) is 4.90. The van der Waals surface area contributed by atoms with Crippen LogP contribution in [0.5, 0.6) is 0 Å². The molecule has 13 heteroatoms. The van der Waals surface area contributed by atoms with Crippen LogP contribution in [0.2, 0.25) is 0 Å². The van der Waals surface area contributed by atoms with Gasteiger partial charge in [0.25, 0.3) is 11.8 Å². The maximum absolute atomic E-state index is 12.9. The number of nitrogens with zero attached hydrogens (tertiary/aromatic N) is 3. The van der Waals surface area contributed by atoms with Crippen LogP contribution in [0.1, 0.15) is 51.4 Å². The lowest BCUT2D eigenvalue weighted by molar-refractivity contribution is -0.192. The molecule has 2 amide bonds. The summed E-state index contributed by atoms with van der Waals surface area (Å²) in [6, 6.07) is 3.41. The van der Waals surface area contributed by atoms with Crippen molar-refractivity contribution in [3.8, 4) is 0 Å². The molecule has 1 unspecified atom stereocenters.